The van der Waals surface area contributed by atoms with Gasteiger partial charge in [0.05, 0.1) is 11.1 Å². The summed E-state index contributed by atoms with van der Waals surface area (Å²) >= 11 is 0. The van der Waals surface area contributed by atoms with Gasteiger partial charge in [0.2, 0.25) is 5.91 Å². The van der Waals surface area contributed by atoms with Crippen molar-refractivity contribution in [3.05, 3.63) is 29.6 Å². The van der Waals surface area contributed by atoms with Crippen molar-refractivity contribution in [3.8, 4) is 0 Å². The molecule has 2 aliphatic heterocycles. The number of likely N-dealkylation sites (tertiary alicyclic amines) is 1. The summed E-state index contributed by atoms with van der Waals surface area (Å²) in [5, 5.41) is 0. The number of amides is 2. The van der Waals surface area contributed by atoms with Gasteiger partial charge < -0.3 is 14.5 Å². The molecule has 1 aromatic carbocycles. The first-order valence-corrected chi connectivity index (χ1v) is 12.2. The molecule has 4 rings (SSSR count). The number of anilines is 1. The molecule has 0 bridgehead atoms. The van der Waals surface area contributed by atoms with E-state index in [0.717, 1.165) is 24.3 Å². The Morgan fingerprint density at radius 2 is 1.69 bits per heavy atom. The zero-order valence-corrected chi connectivity index (χ0v) is 20.0. The van der Waals surface area contributed by atoms with Crippen molar-refractivity contribution in [2.75, 3.05) is 24.5 Å². The van der Waals surface area contributed by atoms with Gasteiger partial charge in [-0.15, -0.1) is 0 Å². The minimum atomic E-state index is -0.536. The van der Waals surface area contributed by atoms with Gasteiger partial charge in [0.15, 0.2) is 0 Å². The Balaban J connectivity index is 1.41. The number of benzene rings is 1. The normalized spacial score (nSPS) is 26.0. The summed E-state index contributed by atoms with van der Waals surface area (Å²) in [6.45, 7) is 9.36. The molecule has 32 heavy (non-hydrogen) atoms. The first-order chi connectivity index (χ1) is 15.1. The molecule has 1 spiro atoms. The molecule has 5 nitrogen and oxygen atoms in total. The smallest absolute Gasteiger partial charge is 0.410 e. The van der Waals surface area contributed by atoms with Crippen LogP contribution in [0.3, 0.4) is 0 Å². The largest absolute Gasteiger partial charge is 0.444 e. The van der Waals surface area contributed by atoms with Gasteiger partial charge in [0.1, 0.15) is 11.4 Å². The van der Waals surface area contributed by atoms with Gasteiger partial charge >= 0.3 is 6.09 Å². The highest BCUT2D eigenvalue weighted by atomic mass is 19.1. The zero-order chi connectivity index (χ0) is 23.1. The molecular formula is C26H37FN2O3. The van der Waals surface area contributed by atoms with E-state index < -0.39 is 11.0 Å². The van der Waals surface area contributed by atoms with Gasteiger partial charge in [-0.25, -0.2) is 9.18 Å². The Bertz CT molecular complexity index is 862. The molecule has 0 aromatic heterocycles. The van der Waals surface area contributed by atoms with E-state index in [0.29, 0.717) is 50.5 Å². The molecule has 6 heteroatoms. The summed E-state index contributed by atoms with van der Waals surface area (Å²) in [6, 6.07) is 5.47. The van der Waals surface area contributed by atoms with Crippen molar-refractivity contribution in [3.63, 3.8) is 0 Å². The molecule has 1 aromatic rings. The summed E-state index contributed by atoms with van der Waals surface area (Å²) in [5.74, 6) is 0.889. The summed E-state index contributed by atoms with van der Waals surface area (Å²) in [6.07, 6.45) is 6.19. The van der Waals surface area contributed by atoms with Crippen molar-refractivity contribution < 1.29 is 18.7 Å². The maximum atomic E-state index is 15.1. The average Bonchev–Trinajstić information content (AvgIpc) is 3.03. The van der Waals surface area contributed by atoms with Crippen LogP contribution in [0, 0.1) is 17.2 Å². The number of carbonyl (C=O) groups is 2. The van der Waals surface area contributed by atoms with Crippen molar-refractivity contribution >= 4 is 17.7 Å². The lowest BCUT2D eigenvalue weighted by Crippen LogP contribution is -2.48. The first kappa shape index (κ1) is 23.1. The second kappa shape index (κ2) is 8.68. The molecular weight excluding hydrogens is 407 g/mol. The summed E-state index contributed by atoms with van der Waals surface area (Å²) in [7, 11) is 0. The monoisotopic (exact) mass is 444 g/mol. The van der Waals surface area contributed by atoms with E-state index in [1.807, 2.05) is 26.8 Å². The molecule has 0 N–H and O–H groups in total. The topological polar surface area (TPSA) is 49.9 Å². The van der Waals surface area contributed by atoms with Crippen LogP contribution in [0.2, 0.25) is 0 Å². The maximum Gasteiger partial charge on any atom is 0.410 e. The highest BCUT2D eigenvalue weighted by molar-refractivity contribution is 6.00. The lowest BCUT2D eigenvalue weighted by molar-refractivity contribution is -0.128. The van der Waals surface area contributed by atoms with Gasteiger partial charge in [0, 0.05) is 19.6 Å². The minimum absolute atomic E-state index is 0.000482. The van der Waals surface area contributed by atoms with Crippen LogP contribution in [-0.2, 0) is 9.53 Å². The fourth-order valence-electron chi connectivity index (χ4n) is 5.55. The number of ether oxygens (including phenoxy) is 1. The first-order valence-electron chi connectivity index (χ1n) is 12.2. The highest BCUT2D eigenvalue weighted by Gasteiger charge is 2.49. The minimum Gasteiger partial charge on any atom is -0.444 e. The molecule has 3 aliphatic rings. The van der Waals surface area contributed by atoms with Crippen LogP contribution in [0.4, 0.5) is 14.9 Å². The van der Waals surface area contributed by atoms with Crippen LogP contribution in [-0.4, -0.2) is 42.1 Å². The van der Waals surface area contributed by atoms with E-state index in [2.05, 4.69) is 6.92 Å². The number of carbonyl (C=O) groups excluding carboxylic acids is 2. The molecule has 2 amide bonds. The average molecular weight is 445 g/mol. The Kier molecular flexibility index (Phi) is 6.25. The second-order valence-electron chi connectivity index (χ2n) is 11.1. The van der Waals surface area contributed by atoms with Gasteiger partial charge in [-0.2, -0.15) is 0 Å². The van der Waals surface area contributed by atoms with Gasteiger partial charge in [-0.05, 0) is 82.4 Å². The third-order valence-corrected chi connectivity index (χ3v) is 7.63. The Labute approximate surface area is 191 Å². The third kappa shape index (κ3) is 4.65. The molecule has 3 fully saturated rings. The number of nitrogens with zero attached hydrogens (tertiary/aromatic N) is 2. The Morgan fingerprint density at radius 1 is 1.06 bits per heavy atom. The zero-order valence-electron chi connectivity index (χ0n) is 20.0. The molecule has 0 atom stereocenters. The van der Waals surface area contributed by atoms with Crippen LogP contribution in [0.25, 0.3) is 0 Å². The standard InChI is InChI=1S/C26H37FN2O3/c1-18-5-7-19(8-6-18)20-9-10-22(21(27)17-20)29-16-13-26(23(29)30)11-14-28(15-12-26)24(31)32-25(2,3)4/h9-10,17-19H,5-8,11-16H2,1-4H3/t18-,19-. The van der Waals surface area contributed by atoms with E-state index in [4.69, 9.17) is 4.74 Å². The maximum absolute atomic E-state index is 15.1. The molecule has 2 saturated heterocycles. The van der Waals surface area contributed by atoms with E-state index >= 15 is 4.39 Å². The summed E-state index contributed by atoms with van der Waals surface area (Å²) < 4.78 is 20.6. The third-order valence-electron chi connectivity index (χ3n) is 7.63. The quantitative estimate of drug-likeness (QED) is 0.573. The van der Waals surface area contributed by atoms with Crippen LogP contribution in [0.5, 0.6) is 0 Å². The van der Waals surface area contributed by atoms with Crippen LogP contribution in [0.15, 0.2) is 18.2 Å². The van der Waals surface area contributed by atoms with Gasteiger partial charge in [-0.3, -0.25) is 4.79 Å². The fraction of sp³-hybridized carbons (Fsp3) is 0.692. The van der Waals surface area contributed by atoms with E-state index in [9.17, 15) is 9.59 Å². The number of rotatable bonds is 2. The predicted molar refractivity (Wildman–Crippen MR) is 123 cm³/mol. The van der Waals surface area contributed by atoms with Crippen molar-refractivity contribution in [1.82, 2.24) is 4.90 Å². The molecule has 0 unspecified atom stereocenters. The Morgan fingerprint density at radius 3 is 2.28 bits per heavy atom. The molecule has 1 aliphatic carbocycles. The Hall–Kier alpha value is -2.11. The SMILES string of the molecule is CC(C)(C)OC(=O)N1CCC2(CC1)CCN(c1ccc([C@H]3CC[C@H](C)CC3)cc1F)C2=O. The number of halogens is 1. The molecule has 1 saturated carbocycles. The predicted octanol–water partition coefficient (Wildman–Crippen LogP) is 5.87. The molecule has 0 radical (unpaired) electrons. The second-order valence-corrected chi connectivity index (χ2v) is 11.1. The molecule has 176 valence electrons. The van der Waals surface area contributed by atoms with Crippen molar-refractivity contribution in [2.24, 2.45) is 11.3 Å². The van der Waals surface area contributed by atoms with E-state index in [-0.39, 0.29) is 17.8 Å². The summed E-state index contributed by atoms with van der Waals surface area (Å²) in [4.78, 5) is 29.1. The van der Waals surface area contributed by atoms with Crippen LogP contribution in [0.1, 0.15) is 84.1 Å². The van der Waals surface area contributed by atoms with Gasteiger partial charge in [0.25, 0.3) is 0 Å². The van der Waals surface area contributed by atoms with Crippen molar-refractivity contribution in [2.45, 2.75) is 84.2 Å². The fourth-order valence-corrected chi connectivity index (χ4v) is 5.55. The highest BCUT2D eigenvalue weighted by Crippen LogP contribution is 2.44. The molecule has 2 heterocycles. The van der Waals surface area contributed by atoms with E-state index in [1.54, 1.807) is 21.9 Å². The number of piperidine rings is 1. The lowest BCUT2D eigenvalue weighted by atomic mass is 9.77. The number of hydrogen-bond acceptors (Lipinski definition) is 3. The van der Waals surface area contributed by atoms with E-state index in [1.165, 1.54) is 12.8 Å². The van der Waals surface area contributed by atoms with Gasteiger partial charge in [-0.1, -0.05) is 25.8 Å². The summed E-state index contributed by atoms with van der Waals surface area (Å²) in [5.41, 5.74) is 0.425. The van der Waals surface area contributed by atoms with Crippen molar-refractivity contribution in [1.29, 1.82) is 0 Å². The van der Waals surface area contributed by atoms with Crippen LogP contribution < -0.4 is 4.90 Å². The lowest BCUT2D eigenvalue weighted by Gasteiger charge is -2.38. The van der Waals surface area contributed by atoms with Crippen LogP contribution >= 0.6 is 0 Å². The number of hydrogen-bond donors (Lipinski definition) is 0.